The minimum Gasteiger partial charge on any atom is -0.493 e. The summed E-state index contributed by atoms with van der Waals surface area (Å²) in [5.41, 5.74) is 6.74. The Bertz CT molecular complexity index is 1690. The number of amides is 2. The van der Waals surface area contributed by atoms with Crippen molar-refractivity contribution >= 4 is 29.0 Å². The lowest BCUT2D eigenvalue weighted by Crippen LogP contribution is -2.47. The number of piperidine rings is 1. The number of carbonyl (C=O) groups is 2. The summed E-state index contributed by atoms with van der Waals surface area (Å²) in [7, 11) is 0. The number of hydrogen-bond donors (Lipinski definition) is 2. The van der Waals surface area contributed by atoms with E-state index in [-0.39, 0.29) is 29.7 Å². The van der Waals surface area contributed by atoms with Gasteiger partial charge in [-0.1, -0.05) is 13.8 Å². The van der Waals surface area contributed by atoms with Gasteiger partial charge in [0, 0.05) is 54.6 Å². The molecule has 4 heterocycles. The topological polar surface area (TPSA) is 128 Å². The van der Waals surface area contributed by atoms with E-state index in [2.05, 4.69) is 22.2 Å². The van der Waals surface area contributed by atoms with Crippen LogP contribution in [0.1, 0.15) is 61.8 Å². The Kier molecular flexibility index (Phi) is 8.00. The van der Waals surface area contributed by atoms with Crippen LogP contribution in [0.5, 0.6) is 5.75 Å². The first-order valence-corrected chi connectivity index (χ1v) is 14.0. The van der Waals surface area contributed by atoms with Crippen LogP contribution in [0, 0.1) is 0 Å². The smallest absolute Gasteiger partial charge is 0.416 e. The second-order valence-electron chi connectivity index (χ2n) is 10.7. The van der Waals surface area contributed by atoms with Crippen LogP contribution in [0.3, 0.4) is 0 Å². The predicted molar refractivity (Wildman–Crippen MR) is 155 cm³/mol. The first kappa shape index (κ1) is 29.8. The van der Waals surface area contributed by atoms with Crippen LogP contribution in [0.2, 0.25) is 0 Å². The molecule has 0 aliphatic carbocycles. The number of halogens is 3. The zero-order chi connectivity index (χ0) is 30.9. The molecule has 0 radical (unpaired) electrons. The highest BCUT2D eigenvalue weighted by atomic mass is 19.4. The highest BCUT2D eigenvalue weighted by Gasteiger charge is 2.39. The summed E-state index contributed by atoms with van der Waals surface area (Å²) in [6.07, 6.45) is 1.83. The first-order chi connectivity index (χ1) is 20.4. The summed E-state index contributed by atoms with van der Waals surface area (Å²) >= 11 is 0. The summed E-state index contributed by atoms with van der Waals surface area (Å²) in [6, 6.07) is 6.29. The average Bonchev–Trinajstić information content (AvgIpc) is 3.38. The lowest BCUT2D eigenvalue weighted by atomic mass is 9.81. The molecule has 0 spiro atoms. The lowest BCUT2D eigenvalue weighted by molar-refractivity contribution is -0.137. The molecule has 2 amide bonds. The molecule has 1 aliphatic heterocycles. The number of fused-ring (bicyclic) bond motifs is 1. The van der Waals surface area contributed by atoms with E-state index in [0.717, 1.165) is 37.0 Å². The maximum atomic E-state index is 13.1. The number of alkyl halides is 3. The van der Waals surface area contributed by atoms with Crippen LogP contribution in [-0.4, -0.2) is 55.8 Å². The Morgan fingerprint density at radius 3 is 2.65 bits per heavy atom. The SMILES string of the molecule is CCOc1cc(C(=O)Nc2cc(C(F)(F)F)ccn2)ccc1-c1nc(C2(C)CCCN(C(=O)CC)C2)n2ccnc(N)c12. The first-order valence-electron chi connectivity index (χ1n) is 14.0. The molecule has 1 saturated heterocycles. The van der Waals surface area contributed by atoms with Gasteiger partial charge in [0.25, 0.3) is 5.91 Å². The molecule has 1 unspecified atom stereocenters. The van der Waals surface area contributed by atoms with E-state index in [0.29, 0.717) is 42.0 Å². The van der Waals surface area contributed by atoms with Crippen molar-refractivity contribution in [1.82, 2.24) is 24.3 Å². The van der Waals surface area contributed by atoms with E-state index in [1.54, 1.807) is 25.4 Å². The quantitative estimate of drug-likeness (QED) is 0.296. The number of likely N-dealkylation sites (tertiary alicyclic amines) is 1. The maximum absolute atomic E-state index is 13.1. The van der Waals surface area contributed by atoms with Crippen molar-refractivity contribution in [2.45, 2.75) is 51.6 Å². The molecule has 1 atom stereocenters. The Morgan fingerprint density at radius 1 is 1.14 bits per heavy atom. The zero-order valence-electron chi connectivity index (χ0n) is 24.0. The van der Waals surface area contributed by atoms with E-state index < -0.39 is 23.1 Å². The Hall–Kier alpha value is -4.68. The van der Waals surface area contributed by atoms with Gasteiger partial charge >= 0.3 is 6.18 Å². The molecule has 3 N–H and O–H groups in total. The number of nitrogens with two attached hydrogens (primary N) is 1. The Labute approximate surface area is 246 Å². The van der Waals surface area contributed by atoms with Crippen molar-refractivity contribution in [3.8, 4) is 17.0 Å². The number of ether oxygens (including phenoxy) is 1. The van der Waals surface area contributed by atoms with Crippen molar-refractivity contribution in [3.05, 3.63) is 65.9 Å². The zero-order valence-corrected chi connectivity index (χ0v) is 24.0. The molecule has 5 rings (SSSR count). The van der Waals surface area contributed by atoms with E-state index in [4.69, 9.17) is 15.5 Å². The van der Waals surface area contributed by atoms with Crippen molar-refractivity contribution in [2.24, 2.45) is 0 Å². The van der Waals surface area contributed by atoms with Crippen molar-refractivity contribution in [2.75, 3.05) is 30.7 Å². The molecule has 1 aromatic carbocycles. The number of carbonyl (C=O) groups excluding carboxylic acids is 2. The van der Waals surface area contributed by atoms with Crippen LogP contribution in [0.25, 0.3) is 16.8 Å². The maximum Gasteiger partial charge on any atom is 0.416 e. The molecule has 0 saturated carbocycles. The number of hydrogen-bond acceptors (Lipinski definition) is 7. The number of aromatic nitrogens is 4. The van der Waals surface area contributed by atoms with Crippen LogP contribution < -0.4 is 15.8 Å². The molecular formula is C30H32F3N7O3. The van der Waals surface area contributed by atoms with Gasteiger partial charge in [0.2, 0.25) is 5.91 Å². The monoisotopic (exact) mass is 595 g/mol. The van der Waals surface area contributed by atoms with Crippen molar-refractivity contribution < 1.29 is 27.5 Å². The second kappa shape index (κ2) is 11.5. The molecule has 13 heteroatoms. The number of benzene rings is 1. The Morgan fingerprint density at radius 2 is 1.93 bits per heavy atom. The third-order valence-electron chi connectivity index (χ3n) is 7.60. The molecule has 0 bridgehead atoms. The van der Waals surface area contributed by atoms with Gasteiger partial charge < -0.3 is 20.7 Å². The number of rotatable bonds is 7. The van der Waals surface area contributed by atoms with Gasteiger partial charge in [-0.15, -0.1) is 0 Å². The highest BCUT2D eigenvalue weighted by molar-refractivity contribution is 6.04. The third-order valence-corrected chi connectivity index (χ3v) is 7.60. The highest BCUT2D eigenvalue weighted by Crippen LogP contribution is 2.40. The van der Waals surface area contributed by atoms with Crippen LogP contribution in [0.4, 0.5) is 24.8 Å². The van der Waals surface area contributed by atoms with Crippen molar-refractivity contribution in [3.63, 3.8) is 0 Å². The van der Waals surface area contributed by atoms with Crippen LogP contribution in [0.15, 0.2) is 48.9 Å². The molecule has 3 aromatic heterocycles. The number of imidazole rings is 1. The van der Waals surface area contributed by atoms with Gasteiger partial charge in [-0.2, -0.15) is 13.2 Å². The summed E-state index contributed by atoms with van der Waals surface area (Å²) in [4.78, 5) is 40.7. The Balaban J connectivity index is 1.55. The minimum atomic E-state index is -4.58. The van der Waals surface area contributed by atoms with Gasteiger partial charge in [-0.05, 0) is 50.1 Å². The van der Waals surface area contributed by atoms with Crippen molar-refractivity contribution in [1.29, 1.82) is 0 Å². The minimum absolute atomic E-state index is 0.0843. The standard InChI is InChI=1S/C30H32F3N7O3/c1-4-23(41)39-13-6-10-29(3,17-39)28-38-24(25-26(34)36-12-14-40(25)28)20-8-7-18(15-21(20)43-5-2)27(42)37-22-16-19(9-11-35-22)30(31,32)33/h7-9,11-12,14-16H,4-6,10,13,17H2,1-3H3,(H2,34,36)(H,35,37,42). The normalized spacial score (nSPS) is 17.2. The van der Waals surface area contributed by atoms with E-state index in [9.17, 15) is 22.8 Å². The number of anilines is 2. The molecule has 10 nitrogen and oxygen atoms in total. The molecule has 4 aromatic rings. The number of pyridine rings is 1. The molecule has 1 aliphatic rings. The summed E-state index contributed by atoms with van der Waals surface area (Å²) in [6.45, 7) is 7.18. The fraction of sp³-hybridized carbons (Fsp3) is 0.367. The fourth-order valence-corrected chi connectivity index (χ4v) is 5.53. The molecule has 43 heavy (non-hydrogen) atoms. The molecule has 226 valence electrons. The number of nitrogens with zero attached hydrogens (tertiary/aromatic N) is 5. The van der Waals surface area contributed by atoms with Crippen LogP contribution in [-0.2, 0) is 16.4 Å². The van der Waals surface area contributed by atoms with Gasteiger partial charge in [-0.3, -0.25) is 14.0 Å². The summed E-state index contributed by atoms with van der Waals surface area (Å²) in [5.74, 6) is 0.491. The van der Waals surface area contributed by atoms with Gasteiger partial charge in [-0.25, -0.2) is 15.0 Å². The number of nitrogen functional groups attached to an aromatic ring is 1. The number of nitrogens with one attached hydrogen (secondary N) is 1. The van der Waals surface area contributed by atoms with Gasteiger partial charge in [0.1, 0.15) is 34.4 Å². The largest absolute Gasteiger partial charge is 0.493 e. The van der Waals surface area contributed by atoms with Gasteiger partial charge in [0.15, 0.2) is 0 Å². The summed E-state index contributed by atoms with van der Waals surface area (Å²) < 4.78 is 47.2. The van der Waals surface area contributed by atoms with E-state index >= 15 is 0 Å². The van der Waals surface area contributed by atoms with Crippen LogP contribution >= 0.6 is 0 Å². The fourth-order valence-electron chi connectivity index (χ4n) is 5.53. The predicted octanol–water partition coefficient (Wildman–Crippen LogP) is 5.33. The third kappa shape index (κ3) is 5.84. The van der Waals surface area contributed by atoms with E-state index in [1.165, 1.54) is 12.1 Å². The molecule has 1 fully saturated rings. The van der Waals surface area contributed by atoms with Gasteiger partial charge in [0.05, 0.1) is 12.2 Å². The second-order valence-corrected chi connectivity index (χ2v) is 10.7. The summed E-state index contributed by atoms with van der Waals surface area (Å²) in [5, 5.41) is 2.42. The average molecular weight is 596 g/mol. The lowest BCUT2D eigenvalue weighted by Gasteiger charge is -2.39. The van der Waals surface area contributed by atoms with E-state index in [1.807, 2.05) is 16.2 Å². The molecular weight excluding hydrogens is 563 g/mol.